The first-order valence-corrected chi connectivity index (χ1v) is 5.52. The Morgan fingerprint density at radius 1 is 1.44 bits per heavy atom. The van der Waals surface area contributed by atoms with Crippen LogP contribution < -0.4 is 10.6 Å². The maximum absolute atomic E-state index is 11.3. The highest BCUT2D eigenvalue weighted by molar-refractivity contribution is 5.77. The fourth-order valence-electron chi connectivity index (χ4n) is 2.23. The van der Waals surface area contributed by atoms with Gasteiger partial charge in [-0.2, -0.15) is 0 Å². The van der Waals surface area contributed by atoms with Gasteiger partial charge in [-0.25, -0.2) is 0 Å². The first-order chi connectivity index (χ1) is 7.83. The van der Waals surface area contributed by atoms with Crippen LogP contribution in [0.3, 0.4) is 0 Å². The zero-order valence-corrected chi connectivity index (χ0v) is 8.86. The van der Waals surface area contributed by atoms with E-state index in [2.05, 4.69) is 10.6 Å². The molecule has 5 nitrogen and oxygen atoms in total. The van der Waals surface area contributed by atoms with E-state index in [4.69, 9.17) is 9.47 Å². The van der Waals surface area contributed by atoms with E-state index >= 15 is 0 Å². The minimum absolute atomic E-state index is 0.0440. The van der Waals surface area contributed by atoms with Crippen molar-refractivity contribution >= 4 is 5.91 Å². The van der Waals surface area contributed by atoms with Crippen LogP contribution in [0.25, 0.3) is 0 Å². The van der Waals surface area contributed by atoms with Crippen molar-refractivity contribution in [1.82, 2.24) is 10.6 Å². The maximum atomic E-state index is 11.3. The second-order valence-corrected chi connectivity index (χ2v) is 4.17. The summed E-state index contributed by atoms with van der Waals surface area (Å²) in [4.78, 5) is 11.3. The molecule has 1 fully saturated rings. The predicted molar refractivity (Wildman–Crippen MR) is 56.2 cm³/mol. The molecule has 0 aromatic heterocycles. The van der Waals surface area contributed by atoms with E-state index in [1.54, 1.807) is 6.20 Å². The second kappa shape index (κ2) is 3.92. The molecule has 3 rings (SSSR count). The normalized spacial score (nSPS) is 36.6. The number of rotatable bonds is 0. The molecule has 0 aromatic carbocycles. The SMILES string of the molecule is O=C1CCNC2CC3OCOC3=C/C2=C/N1. The molecule has 0 aromatic rings. The van der Waals surface area contributed by atoms with Crippen LogP contribution in [0, 0.1) is 0 Å². The minimum atomic E-state index is 0.0440. The smallest absolute Gasteiger partial charge is 0.225 e. The van der Waals surface area contributed by atoms with Crippen molar-refractivity contribution in [3.8, 4) is 0 Å². The number of amides is 1. The highest BCUT2D eigenvalue weighted by atomic mass is 16.7. The summed E-state index contributed by atoms with van der Waals surface area (Å²) in [6.45, 7) is 1.04. The molecule has 3 aliphatic rings. The molecule has 0 spiro atoms. The summed E-state index contributed by atoms with van der Waals surface area (Å²) in [6, 6.07) is 0.246. The Labute approximate surface area is 93.5 Å². The van der Waals surface area contributed by atoms with Crippen molar-refractivity contribution in [2.45, 2.75) is 25.0 Å². The molecule has 5 heteroatoms. The number of fused-ring (bicyclic) bond motifs is 2. The van der Waals surface area contributed by atoms with E-state index in [1.807, 2.05) is 6.08 Å². The maximum Gasteiger partial charge on any atom is 0.225 e. The fraction of sp³-hybridized carbons (Fsp3) is 0.545. The number of carbonyl (C=O) groups excluding carboxylic acids is 1. The molecular weight excluding hydrogens is 208 g/mol. The van der Waals surface area contributed by atoms with Crippen LogP contribution >= 0.6 is 0 Å². The van der Waals surface area contributed by atoms with Crippen molar-refractivity contribution in [1.29, 1.82) is 0 Å². The van der Waals surface area contributed by atoms with Crippen molar-refractivity contribution in [2.75, 3.05) is 13.3 Å². The van der Waals surface area contributed by atoms with Gasteiger partial charge in [0.25, 0.3) is 0 Å². The molecule has 2 atom stereocenters. The molecule has 1 saturated heterocycles. The summed E-state index contributed by atoms with van der Waals surface area (Å²) in [7, 11) is 0. The van der Waals surface area contributed by atoms with Gasteiger partial charge in [-0.05, 0) is 11.6 Å². The molecule has 1 amide bonds. The van der Waals surface area contributed by atoms with Gasteiger partial charge in [0.15, 0.2) is 6.79 Å². The van der Waals surface area contributed by atoms with E-state index in [-0.39, 0.29) is 18.1 Å². The quantitative estimate of drug-likeness (QED) is 0.606. The summed E-state index contributed by atoms with van der Waals surface area (Å²) in [5.74, 6) is 0.918. The largest absolute Gasteiger partial charge is 0.469 e. The molecule has 86 valence electrons. The van der Waals surface area contributed by atoms with E-state index in [0.29, 0.717) is 19.8 Å². The van der Waals surface area contributed by atoms with Gasteiger partial charge in [0.1, 0.15) is 11.9 Å². The molecule has 16 heavy (non-hydrogen) atoms. The molecule has 2 aliphatic heterocycles. The monoisotopic (exact) mass is 222 g/mol. The zero-order chi connectivity index (χ0) is 11.0. The van der Waals surface area contributed by atoms with Crippen LogP contribution in [-0.2, 0) is 14.3 Å². The van der Waals surface area contributed by atoms with Crippen LogP contribution in [0.4, 0.5) is 0 Å². The number of carbonyl (C=O) groups is 1. The number of hydrogen-bond acceptors (Lipinski definition) is 4. The lowest BCUT2D eigenvalue weighted by Crippen LogP contribution is -2.41. The lowest BCUT2D eigenvalue weighted by atomic mass is 9.93. The van der Waals surface area contributed by atoms with Gasteiger partial charge in [-0.1, -0.05) is 0 Å². The third-order valence-corrected chi connectivity index (χ3v) is 3.12. The van der Waals surface area contributed by atoms with Gasteiger partial charge in [0, 0.05) is 31.6 Å². The van der Waals surface area contributed by atoms with Crippen LogP contribution in [0.1, 0.15) is 12.8 Å². The Hall–Kier alpha value is -1.33. The summed E-state index contributed by atoms with van der Waals surface area (Å²) in [5, 5.41) is 6.14. The highest BCUT2D eigenvalue weighted by Crippen LogP contribution is 2.30. The Morgan fingerprint density at radius 3 is 3.31 bits per heavy atom. The number of hydrogen-bond donors (Lipinski definition) is 2. The minimum Gasteiger partial charge on any atom is -0.469 e. The van der Waals surface area contributed by atoms with E-state index < -0.39 is 0 Å². The first-order valence-electron chi connectivity index (χ1n) is 5.52. The molecule has 0 saturated carbocycles. The fourth-order valence-corrected chi connectivity index (χ4v) is 2.23. The van der Waals surface area contributed by atoms with Crippen molar-refractivity contribution < 1.29 is 14.3 Å². The molecule has 0 bridgehead atoms. The van der Waals surface area contributed by atoms with E-state index in [0.717, 1.165) is 17.8 Å². The molecule has 2 unspecified atom stereocenters. The van der Waals surface area contributed by atoms with Gasteiger partial charge in [0.05, 0.1) is 0 Å². The van der Waals surface area contributed by atoms with Crippen LogP contribution in [-0.4, -0.2) is 31.4 Å². The van der Waals surface area contributed by atoms with Gasteiger partial charge in [-0.15, -0.1) is 0 Å². The van der Waals surface area contributed by atoms with Gasteiger partial charge in [-0.3, -0.25) is 4.79 Å². The Kier molecular flexibility index (Phi) is 2.41. The van der Waals surface area contributed by atoms with Crippen molar-refractivity contribution in [3.05, 3.63) is 23.6 Å². The summed E-state index contributed by atoms with van der Waals surface area (Å²) in [5.41, 5.74) is 1.06. The van der Waals surface area contributed by atoms with Gasteiger partial charge < -0.3 is 20.1 Å². The molecule has 2 heterocycles. The van der Waals surface area contributed by atoms with Crippen molar-refractivity contribution in [2.24, 2.45) is 0 Å². The van der Waals surface area contributed by atoms with Crippen LogP contribution in [0.15, 0.2) is 23.6 Å². The lowest BCUT2D eigenvalue weighted by molar-refractivity contribution is -0.120. The summed E-state index contributed by atoms with van der Waals surface area (Å²) in [6.07, 6.45) is 5.19. The summed E-state index contributed by atoms with van der Waals surface area (Å²) >= 11 is 0. The van der Waals surface area contributed by atoms with Crippen LogP contribution in [0.2, 0.25) is 0 Å². The predicted octanol–water partition coefficient (Wildman–Crippen LogP) is 0.00890. The molecule has 0 radical (unpaired) electrons. The average molecular weight is 222 g/mol. The lowest BCUT2D eigenvalue weighted by Gasteiger charge is -2.28. The van der Waals surface area contributed by atoms with Gasteiger partial charge in [0.2, 0.25) is 5.91 Å². The van der Waals surface area contributed by atoms with Gasteiger partial charge >= 0.3 is 0 Å². The molecule has 1 aliphatic carbocycles. The highest BCUT2D eigenvalue weighted by Gasteiger charge is 2.33. The number of ether oxygens (including phenoxy) is 2. The second-order valence-electron chi connectivity index (χ2n) is 4.17. The number of nitrogens with one attached hydrogen (secondary N) is 2. The Balaban J connectivity index is 1.88. The standard InChI is InChI=1S/C11H14N2O3/c14-11-1-2-12-8-4-10-9(15-6-16-10)3-7(8)5-13-11/h3,5,8,10,12H,1-2,4,6H2,(H,13,14)/b7-5-. The molecule has 2 N–H and O–H groups in total. The van der Waals surface area contributed by atoms with E-state index in [9.17, 15) is 4.79 Å². The Morgan fingerprint density at radius 2 is 2.38 bits per heavy atom. The third-order valence-electron chi connectivity index (χ3n) is 3.12. The average Bonchev–Trinajstić information content (AvgIpc) is 2.70. The zero-order valence-electron chi connectivity index (χ0n) is 8.86. The topological polar surface area (TPSA) is 59.6 Å². The van der Waals surface area contributed by atoms with Crippen molar-refractivity contribution in [3.63, 3.8) is 0 Å². The first kappa shape index (κ1) is 9.86. The summed E-state index contributed by atoms with van der Waals surface area (Å²) < 4.78 is 10.8. The Bertz CT molecular complexity index is 375. The van der Waals surface area contributed by atoms with Crippen LogP contribution in [0.5, 0.6) is 0 Å². The third kappa shape index (κ3) is 1.72. The van der Waals surface area contributed by atoms with E-state index in [1.165, 1.54) is 0 Å². The molecular formula is C11H14N2O3.